The molecule has 0 aliphatic heterocycles. The monoisotopic (exact) mass is 474 g/mol. The van der Waals surface area contributed by atoms with E-state index in [0.717, 1.165) is 63.3 Å². The summed E-state index contributed by atoms with van der Waals surface area (Å²) in [4.78, 5) is 24.9. The third-order valence-electron chi connectivity index (χ3n) is 5.50. The molecule has 2 aromatic heterocycles. The maximum atomic E-state index is 12.6. The zero-order valence-electron chi connectivity index (χ0n) is 18.4. The number of rotatable bonds is 5. The number of halogens is 1. The maximum Gasteiger partial charge on any atom is 0.144 e. The van der Waals surface area contributed by atoms with Gasteiger partial charge in [-0.2, -0.15) is 0 Å². The Morgan fingerprint density at radius 3 is 2.65 bits per heavy atom. The first-order chi connectivity index (χ1) is 14.7. The van der Waals surface area contributed by atoms with E-state index < -0.39 is 0 Å². The van der Waals surface area contributed by atoms with Crippen molar-refractivity contribution in [2.45, 2.75) is 59.3 Å². The third kappa shape index (κ3) is 5.02. The molecule has 0 fully saturated rings. The number of carbonyl (C=O) groups excluding carboxylic acids is 1. The predicted molar refractivity (Wildman–Crippen MR) is 129 cm³/mol. The van der Waals surface area contributed by atoms with E-state index in [-0.39, 0.29) is 11.2 Å². The lowest BCUT2D eigenvalue weighted by Gasteiger charge is -2.15. The van der Waals surface area contributed by atoms with Crippen molar-refractivity contribution in [2.24, 2.45) is 5.41 Å². The average molecular weight is 475 g/mol. The normalized spacial score (nSPS) is 13.8. The van der Waals surface area contributed by atoms with Gasteiger partial charge in [-0.25, -0.2) is 9.97 Å². The summed E-state index contributed by atoms with van der Waals surface area (Å²) in [6.45, 7) is 5.90. The molecule has 0 radical (unpaired) electrons. The number of ether oxygens (including phenoxy) is 1. The minimum absolute atomic E-state index is 0.224. The fraction of sp³-hybridized carbons (Fsp3) is 0.458. The van der Waals surface area contributed by atoms with Gasteiger partial charge in [-0.15, -0.1) is 22.7 Å². The fourth-order valence-electron chi connectivity index (χ4n) is 3.68. The number of methoxy groups -OCH3 is 1. The average Bonchev–Trinajstić information content (AvgIpc) is 3.26. The molecule has 3 aromatic rings. The molecule has 7 heteroatoms. The summed E-state index contributed by atoms with van der Waals surface area (Å²) in [6.07, 6.45) is 5.30. The van der Waals surface area contributed by atoms with Crippen molar-refractivity contribution >= 4 is 40.1 Å². The number of hydrogen-bond acceptors (Lipinski definition) is 6. The standard InChI is InChI=1S/C24H27ClN2O2S2/c1-24(2,3)19(28)13-21-26-16-7-5-6-8-18-22(23(16)31-21)27-20(30-18)12-14-11-15(25)9-10-17(14)29-4/h9-11H,5-8,12-13H2,1-4H3. The Hall–Kier alpha value is -1.76. The Balaban J connectivity index is 1.67. The van der Waals surface area contributed by atoms with Gasteiger partial charge in [0.25, 0.3) is 0 Å². The molecule has 0 unspecified atom stereocenters. The summed E-state index contributed by atoms with van der Waals surface area (Å²) in [6, 6.07) is 5.70. The molecule has 4 rings (SSSR count). The minimum Gasteiger partial charge on any atom is -0.496 e. The number of hydrogen-bond donors (Lipinski definition) is 0. The molecule has 4 nitrogen and oxygen atoms in total. The minimum atomic E-state index is -0.352. The van der Waals surface area contributed by atoms with Crippen molar-refractivity contribution in [3.05, 3.63) is 49.4 Å². The van der Waals surface area contributed by atoms with Crippen molar-refractivity contribution in [3.8, 4) is 16.3 Å². The highest BCUT2D eigenvalue weighted by Gasteiger charge is 2.26. The number of ketones is 1. The molecule has 0 amide bonds. The van der Waals surface area contributed by atoms with Crippen LogP contribution in [-0.4, -0.2) is 22.9 Å². The van der Waals surface area contributed by atoms with Crippen LogP contribution in [0.25, 0.3) is 10.6 Å². The highest BCUT2D eigenvalue weighted by atomic mass is 35.5. The summed E-state index contributed by atoms with van der Waals surface area (Å²) in [5.41, 5.74) is 2.84. The number of fused-ring (bicyclic) bond motifs is 3. The van der Waals surface area contributed by atoms with Gasteiger partial charge in [0.15, 0.2) is 0 Å². The SMILES string of the molecule is COc1ccc(Cl)cc1Cc1nc2c(s1)CCCCc1nc(CC(=O)C(C)(C)C)sc1-2. The van der Waals surface area contributed by atoms with Crippen LogP contribution in [0.1, 0.15) is 59.8 Å². The predicted octanol–water partition coefficient (Wildman–Crippen LogP) is 6.56. The number of thiazole rings is 2. The lowest BCUT2D eigenvalue weighted by Crippen LogP contribution is -2.22. The van der Waals surface area contributed by atoms with Crippen LogP contribution in [-0.2, 0) is 30.5 Å². The van der Waals surface area contributed by atoms with E-state index in [1.165, 1.54) is 4.88 Å². The van der Waals surface area contributed by atoms with Gasteiger partial charge in [-0.05, 0) is 43.9 Å². The van der Waals surface area contributed by atoms with Crippen LogP contribution in [0.3, 0.4) is 0 Å². The Morgan fingerprint density at radius 1 is 1.13 bits per heavy atom. The summed E-state index contributed by atoms with van der Waals surface area (Å²) in [5, 5.41) is 2.66. The maximum absolute atomic E-state index is 12.6. The van der Waals surface area contributed by atoms with E-state index in [1.54, 1.807) is 29.8 Å². The molecule has 0 saturated heterocycles. The quantitative estimate of drug-likeness (QED) is 0.420. The van der Waals surface area contributed by atoms with E-state index in [1.807, 2.05) is 39.0 Å². The van der Waals surface area contributed by atoms with Crippen LogP contribution in [0.4, 0.5) is 0 Å². The van der Waals surface area contributed by atoms with Gasteiger partial charge in [0, 0.05) is 27.3 Å². The van der Waals surface area contributed by atoms with Crippen molar-refractivity contribution in [1.29, 1.82) is 0 Å². The number of aromatic nitrogens is 2. The second-order valence-corrected chi connectivity index (χ2v) is 11.6. The van der Waals surface area contributed by atoms with Gasteiger partial charge in [0.05, 0.1) is 34.8 Å². The molecule has 31 heavy (non-hydrogen) atoms. The summed E-state index contributed by atoms with van der Waals surface area (Å²) in [5.74, 6) is 1.05. The van der Waals surface area contributed by atoms with E-state index in [4.69, 9.17) is 26.3 Å². The number of benzene rings is 1. The fourth-order valence-corrected chi connectivity index (χ4v) is 6.21. The topological polar surface area (TPSA) is 52.1 Å². The second-order valence-electron chi connectivity index (χ2n) is 8.95. The molecular formula is C24H27ClN2O2S2. The summed E-state index contributed by atoms with van der Waals surface area (Å²) in [7, 11) is 1.68. The smallest absolute Gasteiger partial charge is 0.144 e. The molecule has 164 valence electrons. The van der Waals surface area contributed by atoms with Crippen LogP contribution < -0.4 is 4.74 Å². The van der Waals surface area contributed by atoms with Gasteiger partial charge in [0.2, 0.25) is 0 Å². The largest absolute Gasteiger partial charge is 0.496 e. The summed E-state index contributed by atoms with van der Waals surface area (Å²) < 4.78 is 5.52. The highest BCUT2D eigenvalue weighted by molar-refractivity contribution is 7.16. The Kier molecular flexibility index (Phi) is 6.52. The molecule has 1 aliphatic carbocycles. The van der Waals surface area contributed by atoms with Crippen LogP contribution in [0.15, 0.2) is 18.2 Å². The Labute approximate surface area is 196 Å². The van der Waals surface area contributed by atoms with Gasteiger partial charge >= 0.3 is 0 Å². The molecule has 1 aliphatic rings. The molecule has 0 N–H and O–H groups in total. The van der Waals surface area contributed by atoms with Gasteiger partial charge in [0.1, 0.15) is 16.5 Å². The van der Waals surface area contributed by atoms with Crippen molar-refractivity contribution < 1.29 is 9.53 Å². The second kappa shape index (κ2) is 9.00. The van der Waals surface area contributed by atoms with E-state index in [2.05, 4.69) is 0 Å². The lowest BCUT2D eigenvalue weighted by atomic mass is 9.89. The molecule has 0 bridgehead atoms. The van der Waals surface area contributed by atoms with Crippen LogP contribution in [0, 0.1) is 5.41 Å². The number of aryl methyl sites for hydroxylation is 2. The van der Waals surface area contributed by atoms with Gasteiger partial charge in [-0.1, -0.05) is 32.4 Å². The highest BCUT2D eigenvalue weighted by Crippen LogP contribution is 2.39. The van der Waals surface area contributed by atoms with Crippen LogP contribution in [0.2, 0.25) is 5.02 Å². The number of Topliss-reactive ketones (excluding diaryl/α,β-unsaturated/α-hetero) is 1. The molecule has 0 saturated carbocycles. The molecule has 2 heterocycles. The van der Waals surface area contributed by atoms with Crippen molar-refractivity contribution in [1.82, 2.24) is 9.97 Å². The molecule has 1 aromatic carbocycles. The van der Waals surface area contributed by atoms with Crippen LogP contribution in [0.5, 0.6) is 5.75 Å². The molecule has 0 atom stereocenters. The first kappa shape index (κ1) is 22.4. The summed E-state index contributed by atoms with van der Waals surface area (Å²) >= 11 is 9.63. The first-order valence-corrected chi connectivity index (χ1v) is 12.6. The van der Waals surface area contributed by atoms with Gasteiger partial charge in [-0.3, -0.25) is 4.79 Å². The van der Waals surface area contributed by atoms with E-state index >= 15 is 0 Å². The Bertz CT molecular complexity index is 1110. The first-order valence-electron chi connectivity index (χ1n) is 10.6. The van der Waals surface area contributed by atoms with Crippen molar-refractivity contribution in [2.75, 3.05) is 7.11 Å². The lowest BCUT2D eigenvalue weighted by molar-refractivity contribution is -0.125. The van der Waals surface area contributed by atoms with Crippen molar-refractivity contribution in [3.63, 3.8) is 0 Å². The van der Waals surface area contributed by atoms with Crippen LogP contribution >= 0.6 is 34.3 Å². The number of carbonyl (C=O) groups is 1. The Morgan fingerprint density at radius 2 is 1.90 bits per heavy atom. The molecule has 0 spiro atoms. The zero-order chi connectivity index (χ0) is 22.2. The number of nitrogens with zero attached hydrogens (tertiary/aromatic N) is 2. The van der Waals surface area contributed by atoms with Gasteiger partial charge < -0.3 is 4.74 Å². The zero-order valence-corrected chi connectivity index (χ0v) is 20.8. The molecular weight excluding hydrogens is 448 g/mol. The van der Waals surface area contributed by atoms with E-state index in [9.17, 15) is 4.79 Å². The van der Waals surface area contributed by atoms with E-state index in [0.29, 0.717) is 17.9 Å². The third-order valence-corrected chi connectivity index (χ3v) is 7.95.